The van der Waals surface area contributed by atoms with Gasteiger partial charge in [-0.15, -0.1) is 24.0 Å². The Kier molecular flexibility index (Phi) is 11.5. The van der Waals surface area contributed by atoms with Crippen LogP contribution in [0, 0.1) is 0 Å². The second-order valence-corrected chi connectivity index (χ2v) is 7.43. The summed E-state index contributed by atoms with van der Waals surface area (Å²) in [7, 11) is 3.44. The summed E-state index contributed by atoms with van der Waals surface area (Å²) < 4.78 is 16.4. The van der Waals surface area contributed by atoms with Crippen LogP contribution in [0.15, 0.2) is 47.6 Å². The van der Waals surface area contributed by atoms with Crippen molar-refractivity contribution in [1.29, 1.82) is 0 Å². The number of pyridine rings is 1. The lowest BCUT2D eigenvalue weighted by molar-refractivity contribution is 0.0529. The number of methoxy groups -OCH3 is 1. The van der Waals surface area contributed by atoms with E-state index in [-0.39, 0.29) is 30.1 Å². The summed E-state index contributed by atoms with van der Waals surface area (Å²) in [6.45, 7) is 6.52. The number of aliphatic imine (C=N–C) groups is 1. The van der Waals surface area contributed by atoms with Gasteiger partial charge < -0.3 is 29.7 Å². The molecule has 1 aromatic carbocycles. The lowest BCUT2D eigenvalue weighted by atomic mass is 10.2. The van der Waals surface area contributed by atoms with Crippen molar-refractivity contribution < 1.29 is 14.2 Å². The zero-order valence-electron chi connectivity index (χ0n) is 19.0. The molecule has 1 aliphatic heterocycles. The highest BCUT2D eigenvalue weighted by atomic mass is 127. The van der Waals surface area contributed by atoms with Gasteiger partial charge in [-0.05, 0) is 30.7 Å². The average molecular weight is 555 g/mol. The van der Waals surface area contributed by atoms with Crippen LogP contribution in [0.3, 0.4) is 0 Å². The van der Waals surface area contributed by atoms with E-state index in [1.165, 1.54) is 0 Å². The van der Waals surface area contributed by atoms with Gasteiger partial charge >= 0.3 is 0 Å². The molecule has 2 heterocycles. The molecule has 1 unspecified atom stereocenters. The van der Waals surface area contributed by atoms with Gasteiger partial charge in [-0.2, -0.15) is 0 Å². The summed E-state index contributed by atoms with van der Waals surface area (Å²) in [5.41, 5.74) is 2.00. The molecule has 8 nitrogen and oxygen atoms in total. The number of nitrogens with zero attached hydrogens (tertiary/aromatic N) is 3. The maximum absolute atomic E-state index is 5.76. The van der Waals surface area contributed by atoms with Gasteiger partial charge in [0, 0.05) is 64.8 Å². The van der Waals surface area contributed by atoms with Crippen molar-refractivity contribution in [3.63, 3.8) is 0 Å². The third-order valence-corrected chi connectivity index (χ3v) is 4.92. The Morgan fingerprint density at radius 1 is 1.28 bits per heavy atom. The van der Waals surface area contributed by atoms with Crippen LogP contribution in [0.4, 0.5) is 11.5 Å². The molecule has 1 atom stereocenters. The summed E-state index contributed by atoms with van der Waals surface area (Å²) in [6.07, 6.45) is 3.00. The van der Waals surface area contributed by atoms with E-state index >= 15 is 0 Å². The van der Waals surface area contributed by atoms with Crippen LogP contribution in [-0.4, -0.2) is 64.1 Å². The standard InChI is InChI=1S/C23H33N5O3.HI/c1-18-17-28(10-13-30-18)22-9-8-19(15-25-22)16-26-23(24-2)27-20-6-4-7-21(14-20)31-12-5-11-29-3;/h4,6-9,14-15,18H,5,10-13,16-17H2,1-3H3,(H2,24,26,27);1H. The third-order valence-electron chi connectivity index (χ3n) is 4.92. The van der Waals surface area contributed by atoms with Gasteiger partial charge in [-0.25, -0.2) is 4.98 Å². The number of aromatic nitrogens is 1. The molecular weight excluding hydrogens is 521 g/mol. The molecule has 2 aromatic rings. The second-order valence-electron chi connectivity index (χ2n) is 7.43. The Balaban J connectivity index is 0.00000363. The molecule has 1 aromatic heterocycles. The molecule has 0 amide bonds. The molecule has 0 spiro atoms. The predicted molar refractivity (Wildman–Crippen MR) is 140 cm³/mol. The zero-order valence-corrected chi connectivity index (χ0v) is 21.4. The van der Waals surface area contributed by atoms with Gasteiger partial charge in [0.2, 0.25) is 0 Å². The molecule has 1 saturated heterocycles. The van der Waals surface area contributed by atoms with Crippen molar-refractivity contribution in [2.24, 2.45) is 4.99 Å². The normalized spacial score (nSPS) is 16.3. The first kappa shape index (κ1) is 26.1. The van der Waals surface area contributed by atoms with Crippen LogP contribution >= 0.6 is 24.0 Å². The van der Waals surface area contributed by atoms with Crippen LogP contribution in [0.25, 0.3) is 0 Å². The van der Waals surface area contributed by atoms with Crippen LogP contribution in [-0.2, 0) is 16.0 Å². The first-order chi connectivity index (χ1) is 15.2. The molecule has 0 aliphatic carbocycles. The Labute approximate surface area is 207 Å². The molecule has 1 aliphatic rings. The van der Waals surface area contributed by atoms with E-state index in [9.17, 15) is 0 Å². The number of hydrogen-bond acceptors (Lipinski definition) is 6. The van der Waals surface area contributed by atoms with E-state index in [0.29, 0.717) is 25.7 Å². The molecule has 2 N–H and O–H groups in total. The monoisotopic (exact) mass is 555 g/mol. The van der Waals surface area contributed by atoms with Gasteiger partial charge in [0.1, 0.15) is 11.6 Å². The summed E-state index contributed by atoms with van der Waals surface area (Å²) in [5, 5.41) is 6.63. The predicted octanol–water partition coefficient (Wildman–Crippen LogP) is 3.53. The SMILES string of the molecule is CN=C(NCc1ccc(N2CCOC(C)C2)nc1)Nc1cccc(OCCCOC)c1.I. The molecule has 176 valence electrons. The van der Waals surface area contributed by atoms with E-state index in [4.69, 9.17) is 14.2 Å². The number of hydrogen-bond donors (Lipinski definition) is 2. The molecule has 3 rings (SSSR count). The van der Waals surface area contributed by atoms with Gasteiger partial charge in [-0.1, -0.05) is 12.1 Å². The fourth-order valence-corrected chi connectivity index (χ4v) is 3.29. The molecule has 0 saturated carbocycles. The minimum absolute atomic E-state index is 0. The fraction of sp³-hybridized carbons (Fsp3) is 0.478. The Bertz CT molecular complexity index is 835. The molecule has 32 heavy (non-hydrogen) atoms. The zero-order chi connectivity index (χ0) is 21.9. The summed E-state index contributed by atoms with van der Waals surface area (Å²) in [4.78, 5) is 11.2. The first-order valence-electron chi connectivity index (χ1n) is 10.7. The molecule has 0 radical (unpaired) electrons. The van der Waals surface area contributed by atoms with Crippen LogP contribution in [0.5, 0.6) is 5.75 Å². The van der Waals surface area contributed by atoms with Crippen LogP contribution < -0.4 is 20.3 Å². The number of morpholine rings is 1. The van der Waals surface area contributed by atoms with Crippen molar-refractivity contribution in [1.82, 2.24) is 10.3 Å². The van der Waals surface area contributed by atoms with Crippen molar-refractivity contribution in [3.05, 3.63) is 48.2 Å². The van der Waals surface area contributed by atoms with Gasteiger partial charge in [0.25, 0.3) is 0 Å². The minimum atomic E-state index is 0. The number of nitrogens with one attached hydrogen (secondary N) is 2. The maximum Gasteiger partial charge on any atom is 0.195 e. The molecule has 1 fully saturated rings. The van der Waals surface area contributed by atoms with Crippen molar-refractivity contribution >= 4 is 41.4 Å². The van der Waals surface area contributed by atoms with Gasteiger partial charge in [-0.3, -0.25) is 4.99 Å². The lowest BCUT2D eigenvalue weighted by Crippen LogP contribution is -2.41. The van der Waals surface area contributed by atoms with Crippen LogP contribution in [0.1, 0.15) is 18.9 Å². The van der Waals surface area contributed by atoms with E-state index in [2.05, 4.69) is 44.6 Å². The number of benzene rings is 1. The topological polar surface area (TPSA) is 80.2 Å². The number of rotatable bonds is 9. The Morgan fingerprint density at radius 3 is 2.88 bits per heavy atom. The molecule has 9 heteroatoms. The van der Waals surface area contributed by atoms with Crippen molar-refractivity contribution in [3.8, 4) is 5.75 Å². The number of guanidine groups is 1. The quantitative estimate of drug-likeness (QED) is 0.212. The van der Waals surface area contributed by atoms with Crippen molar-refractivity contribution in [2.75, 3.05) is 57.3 Å². The van der Waals surface area contributed by atoms with Gasteiger partial charge in [0.15, 0.2) is 5.96 Å². The highest BCUT2D eigenvalue weighted by Gasteiger charge is 2.17. The van der Waals surface area contributed by atoms with E-state index < -0.39 is 0 Å². The largest absolute Gasteiger partial charge is 0.493 e. The van der Waals surface area contributed by atoms with Crippen LogP contribution in [0.2, 0.25) is 0 Å². The van der Waals surface area contributed by atoms with Crippen molar-refractivity contribution in [2.45, 2.75) is 26.0 Å². The fourth-order valence-electron chi connectivity index (χ4n) is 3.29. The molecule has 0 bridgehead atoms. The third kappa shape index (κ3) is 8.44. The van der Waals surface area contributed by atoms with Gasteiger partial charge in [0.05, 0.1) is 19.3 Å². The lowest BCUT2D eigenvalue weighted by Gasteiger charge is -2.32. The minimum Gasteiger partial charge on any atom is -0.493 e. The summed E-state index contributed by atoms with van der Waals surface area (Å²) >= 11 is 0. The van der Waals surface area contributed by atoms with E-state index in [1.54, 1.807) is 14.2 Å². The second kappa shape index (κ2) is 14.1. The van der Waals surface area contributed by atoms with E-state index in [0.717, 1.165) is 48.9 Å². The molecular formula is C23H34IN5O3. The Morgan fingerprint density at radius 2 is 2.16 bits per heavy atom. The summed E-state index contributed by atoms with van der Waals surface area (Å²) in [6, 6.07) is 12.0. The highest BCUT2D eigenvalue weighted by Crippen LogP contribution is 2.18. The van der Waals surface area contributed by atoms with E-state index in [1.807, 2.05) is 30.5 Å². The number of anilines is 2. The average Bonchev–Trinajstić information content (AvgIpc) is 2.80. The number of halogens is 1. The first-order valence-corrected chi connectivity index (χ1v) is 10.7. The number of ether oxygens (including phenoxy) is 3. The maximum atomic E-state index is 5.76. The summed E-state index contributed by atoms with van der Waals surface area (Å²) in [5.74, 6) is 2.49. The Hall–Kier alpha value is -2.11. The smallest absolute Gasteiger partial charge is 0.195 e. The highest BCUT2D eigenvalue weighted by molar-refractivity contribution is 14.0.